The zero-order valence-corrected chi connectivity index (χ0v) is 11.3. The lowest BCUT2D eigenvalue weighted by atomic mass is 10.1. The van der Waals surface area contributed by atoms with E-state index in [1.807, 2.05) is 5.32 Å². The van der Waals surface area contributed by atoms with Crippen molar-refractivity contribution in [2.24, 2.45) is 0 Å². The number of amides is 1. The normalized spacial score (nSPS) is 15.1. The molecule has 1 unspecified atom stereocenters. The van der Waals surface area contributed by atoms with Crippen molar-refractivity contribution in [3.05, 3.63) is 27.7 Å². The Bertz CT molecular complexity index is 477. The molecule has 100 valence electrons. The molecule has 0 spiro atoms. The van der Waals surface area contributed by atoms with E-state index >= 15 is 0 Å². The van der Waals surface area contributed by atoms with Gasteiger partial charge in [-0.1, -0.05) is 27.5 Å². The molecular weight excluding hydrogens is 338 g/mol. The van der Waals surface area contributed by atoms with Gasteiger partial charge < -0.3 is 10.4 Å². The molecule has 0 bridgehead atoms. The maximum absolute atomic E-state index is 12.4. The molecule has 2 N–H and O–H groups in total. The third kappa shape index (κ3) is 3.15. The van der Waals surface area contributed by atoms with Crippen LogP contribution in [0.15, 0.2) is 22.7 Å². The minimum Gasteiger partial charge on any atom is -0.373 e. The summed E-state index contributed by atoms with van der Waals surface area (Å²) in [6, 6.07) is 4.21. The first-order valence-electron chi connectivity index (χ1n) is 4.61. The number of rotatable bonds is 2. The molecule has 0 aliphatic heterocycles. The summed E-state index contributed by atoms with van der Waals surface area (Å²) in [5, 5.41) is 11.1. The fourth-order valence-corrected chi connectivity index (χ4v) is 1.68. The number of anilines is 1. The standard InChI is InChI=1S/C10H8BrClF3NO2/c1-9(18,10(13,14)15)8(17)16-7-3-2-5(11)4-6(7)12/h2-4,18H,1H3,(H,16,17). The number of alkyl halides is 3. The largest absolute Gasteiger partial charge is 0.426 e. The summed E-state index contributed by atoms with van der Waals surface area (Å²) >= 11 is 8.84. The molecule has 8 heteroatoms. The van der Waals surface area contributed by atoms with Gasteiger partial charge in [-0.05, 0) is 25.1 Å². The molecule has 3 nitrogen and oxygen atoms in total. The molecular formula is C10H8BrClF3NO2. The lowest BCUT2D eigenvalue weighted by molar-refractivity contribution is -0.242. The zero-order valence-electron chi connectivity index (χ0n) is 8.98. The molecule has 1 amide bonds. The van der Waals surface area contributed by atoms with E-state index < -0.39 is 17.7 Å². The molecule has 1 aromatic carbocycles. The number of nitrogens with one attached hydrogen (secondary N) is 1. The first-order chi connectivity index (χ1) is 8.05. The highest BCUT2D eigenvalue weighted by molar-refractivity contribution is 9.10. The fraction of sp³-hybridized carbons (Fsp3) is 0.300. The molecule has 0 aliphatic carbocycles. The molecule has 1 atom stereocenters. The van der Waals surface area contributed by atoms with Crippen molar-refractivity contribution in [3.63, 3.8) is 0 Å². The Morgan fingerprint density at radius 2 is 2.00 bits per heavy atom. The van der Waals surface area contributed by atoms with Crippen LogP contribution in [-0.2, 0) is 4.79 Å². The fourth-order valence-electron chi connectivity index (χ4n) is 0.964. The molecule has 1 aromatic rings. The summed E-state index contributed by atoms with van der Waals surface area (Å²) in [5.41, 5.74) is -3.50. The van der Waals surface area contributed by atoms with Crippen LogP contribution in [0.3, 0.4) is 0 Å². The van der Waals surface area contributed by atoms with Crippen molar-refractivity contribution in [2.45, 2.75) is 18.7 Å². The number of benzene rings is 1. The van der Waals surface area contributed by atoms with Crippen molar-refractivity contribution >= 4 is 39.1 Å². The van der Waals surface area contributed by atoms with E-state index in [2.05, 4.69) is 15.9 Å². The monoisotopic (exact) mass is 345 g/mol. The molecule has 0 heterocycles. The van der Waals surface area contributed by atoms with Crippen LogP contribution in [0, 0.1) is 0 Å². The van der Waals surface area contributed by atoms with Gasteiger partial charge in [0.1, 0.15) is 0 Å². The van der Waals surface area contributed by atoms with Crippen molar-refractivity contribution in [1.29, 1.82) is 0 Å². The average Bonchev–Trinajstić information content (AvgIpc) is 2.20. The lowest BCUT2D eigenvalue weighted by Gasteiger charge is -2.25. The van der Waals surface area contributed by atoms with E-state index in [1.165, 1.54) is 18.2 Å². The Morgan fingerprint density at radius 1 is 1.44 bits per heavy atom. The first kappa shape index (κ1) is 15.3. The number of hydrogen-bond acceptors (Lipinski definition) is 2. The van der Waals surface area contributed by atoms with Crippen LogP contribution in [0.25, 0.3) is 0 Å². The SMILES string of the molecule is CC(O)(C(=O)Nc1ccc(Br)cc1Cl)C(F)(F)F. The number of hydrogen-bond donors (Lipinski definition) is 2. The Labute approximate surface area is 114 Å². The third-order valence-electron chi connectivity index (χ3n) is 2.17. The zero-order chi connectivity index (χ0) is 14.1. The van der Waals surface area contributed by atoms with Crippen molar-refractivity contribution in [1.82, 2.24) is 0 Å². The van der Waals surface area contributed by atoms with Crippen LogP contribution in [-0.4, -0.2) is 22.8 Å². The van der Waals surface area contributed by atoms with Gasteiger partial charge in [-0.15, -0.1) is 0 Å². The van der Waals surface area contributed by atoms with E-state index in [9.17, 15) is 18.0 Å². The van der Waals surface area contributed by atoms with Crippen molar-refractivity contribution < 1.29 is 23.1 Å². The maximum Gasteiger partial charge on any atom is 0.426 e. The van der Waals surface area contributed by atoms with Crippen molar-refractivity contribution in [3.8, 4) is 0 Å². The molecule has 0 aromatic heterocycles. The van der Waals surface area contributed by atoms with E-state index in [1.54, 1.807) is 0 Å². The second-order valence-corrected chi connectivity index (χ2v) is 4.97. The van der Waals surface area contributed by atoms with Gasteiger partial charge in [-0.25, -0.2) is 0 Å². The Morgan fingerprint density at radius 3 is 2.44 bits per heavy atom. The highest BCUT2D eigenvalue weighted by Crippen LogP contribution is 2.32. The predicted octanol–water partition coefficient (Wildman–Crippen LogP) is 3.35. The molecule has 18 heavy (non-hydrogen) atoms. The summed E-state index contributed by atoms with van der Waals surface area (Å²) in [4.78, 5) is 11.4. The van der Waals surface area contributed by atoms with Crippen LogP contribution in [0.2, 0.25) is 5.02 Å². The van der Waals surface area contributed by atoms with E-state index in [4.69, 9.17) is 16.7 Å². The molecule has 0 radical (unpaired) electrons. The summed E-state index contributed by atoms with van der Waals surface area (Å²) < 4.78 is 37.8. The van der Waals surface area contributed by atoms with Crippen LogP contribution in [0.1, 0.15) is 6.92 Å². The molecule has 0 saturated carbocycles. The topological polar surface area (TPSA) is 49.3 Å². The van der Waals surface area contributed by atoms with Gasteiger partial charge in [0.15, 0.2) is 0 Å². The summed E-state index contributed by atoms with van der Waals surface area (Å²) in [6.45, 7) is 0.370. The molecule has 0 fully saturated rings. The van der Waals surface area contributed by atoms with Crippen LogP contribution in [0.5, 0.6) is 0 Å². The number of aliphatic hydroxyl groups is 1. The lowest BCUT2D eigenvalue weighted by Crippen LogP contribution is -2.52. The smallest absolute Gasteiger partial charge is 0.373 e. The number of carbonyl (C=O) groups excluding carboxylic acids is 1. The third-order valence-corrected chi connectivity index (χ3v) is 2.98. The summed E-state index contributed by atoms with van der Waals surface area (Å²) in [5.74, 6) is -1.60. The molecule has 0 saturated heterocycles. The van der Waals surface area contributed by atoms with Gasteiger partial charge in [0.2, 0.25) is 5.60 Å². The van der Waals surface area contributed by atoms with Gasteiger partial charge in [0.25, 0.3) is 5.91 Å². The van der Waals surface area contributed by atoms with E-state index in [-0.39, 0.29) is 10.7 Å². The Balaban J connectivity index is 2.95. The van der Waals surface area contributed by atoms with E-state index in [0.717, 1.165) is 0 Å². The molecule has 1 rings (SSSR count). The van der Waals surface area contributed by atoms with Crippen LogP contribution < -0.4 is 5.32 Å². The first-order valence-corrected chi connectivity index (χ1v) is 5.78. The van der Waals surface area contributed by atoms with Gasteiger partial charge in [-0.3, -0.25) is 4.79 Å². The number of carbonyl (C=O) groups is 1. The maximum atomic E-state index is 12.4. The Kier molecular flexibility index (Phi) is 4.30. The quantitative estimate of drug-likeness (QED) is 0.863. The van der Waals surface area contributed by atoms with Crippen LogP contribution >= 0.6 is 27.5 Å². The Hall–Kier alpha value is -0.790. The minimum absolute atomic E-state index is 0.0191. The summed E-state index contributed by atoms with van der Waals surface area (Å²) in [7, 11) is 0. The highest BCUT2D eigenvalue weighted by atomic mass is 79.9. The average molecular weight is 347 g/mol. The minimum atomic E-state index is -5.07. The highest BCUT2D eigenvalue weighted by Gasteiger charge is 2.55. The summed E-state index contributed by atoms with van der Waals surface area (Å²) in [6.07, 6.45) is -5.07. The van der Waals surface area contributed by atoms with E-state index in [0.29, 0.717) is 11.4 Å². The van der Waals surface area contributed by atoms with Crippen LogP contribution in [0.4, 0.5) is 18.9 Å². The van der Waals surface area contributed by atoms with Gasteiger partial charge in [0, 0.05) is 4.47 Å². The predicted molar refractivity (Wildman–Crippen MR) is 64.5 cm³/mol. The van der Waals surface area contributed by atoms with Gasteiger partial charge in [-0.2, -0.15) is 13.2 Å². The second-order valence-electron chi connectivity index (χ2n) is 3.65. The van der Waals surface area contributed by atoms with Gasteiger partial charge in [0.05, 0.1) is 10.7 Å². The second kappa shape index (κ2) is 5.07. The number of halogens is 5. The molecule has 0 aliphatic rings. The van der Waals surface area contributed by atoms with Crippen molar-refractivity contribution in [2.75, 3.05) is 5.32 Å². The van der Waals surface area contributed by atoms with Gasteiger partial charge >= 0.3 is 6.18 Å².